The van der Waals surface area contributed by atoms with Crippen LogP contribution in [0.25, 0.3) is 0 Å². The molecule has 0 aliphatic carbocycles. The SMILES string of the molecule is CNC(Cc1ccc(Cl)s1)c1cccc(Cl)c1Cl. The van der Waals surface area contributed by atoms with E-state index in [2.05, 4.69) is 5.32 Å². The Balaban J connectivity index is 2.25. The highest BCUT2D eigenvalue weighted by atomic mass is 35.5. The van der Waals surface area contributed by atoms with Crippen LogP contribution in [-0.4, -0.2) is 7.05 Å². The summed E-state index contributed by atoms with van der Waals surface area (Å²) in [4.78, 5) is 1.22. The fraction of sp³-hybridized carbons (Fsp3) is 0.231. The van der Waals surface area contributed by atoms with E-state index in [1.807, 2.05) is 31.3 Å². The largest absolute Gasteiger partial charge is 0.313 e. The van der Waals surface area contributed by atoms with Gasteiger partial charge in [0.15, 0.2) is 0 Å². The summed E-state index contributed by atoms with van der Waals surface area (Å²) in [6.07, 6.45) is 0.841. The van der Waals surface area contributed by atoms with Crippen LogP contribution in [0.1, 0.15) is 16.5 Å². The molecule has 1 N–H and O–H groups in total. The number of hydrogen-bond donors (Lipinski definition) is 1. The predicted molar refractivity (Wildman–Crippen MR) is 81.3 cm³/mol. The molecule has 2 rings (SSSR count). The molecular weight excluding hydrogens is 309 g/mol. The third kappa shape index (κ3) is 3.19. The maximum absolute atomic E-state index is 6.24. The summed E-state index contributed by atoms with van der Waals surface area (Å²) < 4.78 is 0.803. The molecule has 0 bridgehead atoms. The molecular formula is C13H12Cl3NS. The molecule has 2 aromatic rings. The zero-order valence-corrected chi connectivity index (χ0v) is 12.8. The van der Waals surface area contributed by atoms with Gasteiger partial charge in [-0.1, -0.05) is 46.9 Å². The van der Waals surface area contributed by atoms with Gasteiger partial charge in [0, 0.05) is 17.3 Å². The second-order valence-electron chi connectivity index (χ2n) is 3.89. The van der Waals surface area contributed by atoms with Gasteiger partial charge in [0.2, 0.25) is 0 Å². The van der Waals surface area contributed by atoms with Gasteiger partial charge in [-0.25, -0.2) is 0 Å². The van der Waals surface area contributed by atoms with E-state index in [0.29, 0.717) is 10.0 Å². The zero-order valence-electron chi connectivity index (χ0n) is 9.71. The molecule has 1 atom stereocenters. The topological polar surface area (TPSA) is 12.0 Å². The van der Waals surface area contributed by atoms with Crippen LogP contribution in [0.4, 0.5) is 0 Å². The molecule has 5 heteroatoms. The normalized spacial score (nSPS) is 12.7. The van der Waals surface area contributed by atoms with Gasteiger partial charge >= 0.3 is 0 Å². The number of nitrogens with one attached hydrogen (secondary N) is 1. The Labute approximate surface area is 126 Å². The summed E-state index contributed by atoms with van der Waals surface area (Å²) >= 11 is 19.8. The van der Waals surface area contributed by atoms with Crippen molar-refractivity contribution in [3.05, 3.63) is 55.2 Å². The average molecular weight is 321 g/mol. The molecule has 1 aromatic carbocycles. The number of likely N-dealkylation sites (N-methyl/N-ethyl adjacent to an activating group) is 1. The Morgan fingerprint density at radius 2 is 1.94 bits per heavy atom. The first-order chi connectivity index (χ1) is 8.61. The predicted octanol–water partition coefficient (Wildman–Crippen LogP) is 5.21. The minimum Gasteiger partial charge on any atom is -0.313 e. The van der Waals surface area contributed by atoms with E-state index in [9.17, 15) is 0 Å². The highest BCUT2D eigenvalue weighted by molar-refractivity contribution is 7.16. The van der Waals surface area contributed by atoms with Crippen LogP contribution >= 0.6 is 46.1 Å². The van der Waals surface area contributed by atoms with Crippen molar-refractivity contribution in [3.8, 4) is 0 Å². The van der Waals surface area contributed by atoms with E-state index in [-0.39, 0.29) is 6.04 Å². The van der Waals surface area contributed by atoms with E-state index in [0.717, 1.165) is 16.3 Å². The number of benzene rings is 1. The van der Waals surface area contributed by atoms with Gasteiger partial charge in [-0.3, -0.25) is 0 Å². The number of thiophene rings is 1. The van der Waals surface area contributed by atoms with Crippen molar-refractivity contribution in [3.63, 3.8) is 0 Å². The first-order valence-corrected chi connectivity index (χ1v) is 7.42. The van der Waals surface area contributed by atoms with E-state index < -0.39 is 0 Å². The molecule has 0 spiro atoms. The van der Waals surface area contributed by atoms with E-state index in [1.54, 1.807) is 17.4 Å². The summed E-state index contributed by atoms with van der Waals surface area (Å²) in [5.74, 6) is 0. The van der Waals surface area contributed by atoms with Crippen LogP contribution in [0.3, 0.4) is 0 Å². The summed E-state index contributed by atoms with van der Waals surface area (Å²) in [5, 5.41) is 4.46. The molecule has 1 aromatic heterocycles. The first kappa shape index (κ1) is 14.2. The fourth-order valence-corrected chi connectivity index (χ4v) is 3.39. The van der Waals surface area contributed by atoms with E-state index in [4.69, 9.17) is 34.8 Å². The molecule has 0 aliphatic rings. The van der Waals surface area contributed by atoms with Gasteiger partial charge in [-0.2, -0.15) is 0 Å². The second kappa shape index (κ2) is 6.27. The first-order valence-electron chi connectivity index (χ1n) is 5.47. The highest BCUT2D eigenvalue weighted by Gasteiger charge is 2.16. The van der Waals surface area contributed by atoms with Crippen LogP contribution < -0.4 is 5.32 Å². The third-order valence-corrected chi connectivity index (χ3v) is 4.83. The number of halogens is 3. The molecule has 0 amide bonds. The fourth-order valence-electron chi connectivity index (χ4n) is 1.82. The van der Waals surface area contributed by atoms with Crippen LogP contribution in [0, 0.1) is 0 Å². The van der Waals surface area contributed by atoms with Crippen molar-refractivity contribution in [2.45, 2.75) is 12.5 Å². The molecule has 1 unspecified atom stereocenters. The molecule has 1 heterocycles. The molecule has 0 radical (unpaired) electrons. The van der Waals surface area contributed by atoms with Gasteiger partial charge < -0.3 is 5.32 Å². The summed E-state index contributed by atoms with van der Waals surface area (Å²) in [6, 6.07) is 9.77. The summed E-state index contributed by atoms with van der Waals surface area (Å²) in [7, 11) is 1.91. The minimum absolute atomic E-state index is 0.130. The minimum atomic E-state index is 0.130. The summed E-state index contributed by atoms with van der Waals surface area (Å²) in [5.41, 5.74) is 1.01. The highest BCUT2D eigenvalue weighted by Crippen LogP contribution is 2.33. The summed E-state index contributed by atoms with van der Waals surface area (Å²) in [6.45, 7) is 0. The molecule has 96 valence electrons. The molecule has 0 saturated heterocycles. The van der Waals surface area contributed by atoms with E-state index in [1.165, 1.54) is 4.88 Å². The molecule has 1 nitrogen and oxygen atoms in total. The van der Waals surface area contributed by atoms with Gasteiger partial charge in [-0.15, -0.1) is 11.3 Å². The maximum atomic E-state index is 6.24. The zero-order chi connectivity index (χ0) is 13.1. The lowest BCUT2D eigenvalue weighted by Crippen LogP contribution is -2.18. The molecule has 0 fully saturated rings. The van der Waals surface area contributed by atoms with Gasteiger partial charge in [-0.05, 0) is 30.8 Å². The molecule has 0 aliphatic heterocycles. The lowest BCUT2D eigenvalue weighted by atomic mass is 10.0. The average Bonchev–Trinajstić information content (AvgIpc) is 2.76. The van der Waals surface area contributed by atoms with Crippen LogP contribution in [0.15, 0.2) is 30.3 Å². The molecule has 0 saturated carbocycles. The lowest BCUT2D eigenvalue weighted by molar-refractivity contribution is 0.597. The van der Waals surface area contributed by atoms with Crippen molar-refractivity contribution in [2.24, 2.45) is 0 Å². The van der Waals surface area contributed by atoms with Gasteiger partial charge in [0.05, 0.1) is 14.4 Å². The Hall–Kier alpha value is -0.250. The van der Waals surface area contributed by atoms with Crippen molar-refractivity contribution in [1.29, 1.82) is 0 Å². The number of rotatable bonds is 4. The Morgan fingerprint density at radius 3 is 2.56 bits per heavy atom. The van der Waals surface area contributed by atoms with Crippen LogP contribution in [0.2, 0.25) is 14.4 Å². The van der Waals surface area contributed by atoms with E-state index >= 15 is 0 Å². The Kier molecular flexibility index (Phi) is 4.93. The Bertz CT molecular complexity index is 539. The smallest absolute Gasteiger partial charge is 0.0931 e. The van der Waals surface area contributed by atoms with Crippen LogP contribution in [0.5, 0.6) is 0 Å². The monoisotopic (exact) mass is 319 g/mol. The van der Waals surface area contributed by atoms with Crippen molar-refractivity contribution >= 4 is 46.1 Å². The Morgan fingerprint density at radius 1 is 1.17 bits per heavy atom. The van der Waals surface area contributed by atoms with Crippen molar-refractivity contribution in [2.75, 3.05) is 7.05 Å². The standard InChI is InChI=1S/C13H12Cl3NS/c1-17-11(7-8-5-6-12(15)18-8)9-3-2-4-10(14)13(9)16/h2-6,11,17H,7H2,1H3. The molecule has 18 heavy (non-hydrogen) atoms. The van der Waals surface area contributed by atoms with Crippen molar-refractivity contribution in [1.82, 2.24) is 5.32 Å². The third-order valence-electron chi connectivity index (χ3n) is 2.74. The second-order valence-corrected chi connectivity index (χ2v) is 6.48. The quantitative estimate of drug-likeness (QED) is 0.815. The number of hydrogen-bond acceptors (Lipinski definition) is 2. The van der Waals surface area contributed by atoms with Crippen molar-refractivity contribution < 1.29 is 0 Å². The maximum Gasteiger partial charge on any atom is 0.0931 e. The van der Waals surface area contributed by atoms with Gasteiger partial charge in [0.1, 0.15) is 0 Å². The van der Waals surface area contributed by atoms with Gasteiger partial charge in [0.25, 0.3) is 0 Å². The van der Waals surface area contributed by atoms with Crippen LogP contribution in [-0.2, 0) is 6.42 Å². The lowest BCUT2D eigenvalue weighted by Gasteiger charge is -2.17.